The van der Waals surface area contributed by atoms with Gasteiger partial charge >= 0.3 is 0 Å². The average molecular weight is 408 g/mol. The van der Waals surface area contributed by atoms with Crippen molar-refractivity contribution < 1.29 is 14.0 Å². The predicted molar refractivity (Wildman–Crippen MR) is 93.5 cm³/mol. The van der Waals surface area contributed by atoms with E-state index in [4.69, 9.17) is 0 Å². The minimum atomic E-state index is -0.750. The van der Waals surface area contributed by atoms with Gasteiger partial charge in [-0.2, -0.15) is 0 Å². The Bertz CT molecular complexity index is 841. The highest BCUT2D eigenvalue weighted by Gasteiger charge is 2.48. The van der Waals surface area contributed by atoms with Crippen molar-refractivity contribution in [2.24, 2.45) is 11.8 Å². The molecular weight excluding hydrogens is 393 g/mol. The van der Waals surface area contributed by atoms with Crippen molar-refractivity contribution in [3.8, 4) is 10.6 Å². The molecule has 0 amide bonds. The molecule has 2 fully saturated rings. The van der Waals surface area contributed by atoms with Crippen LogP contribution in [0.3, 0.4) is 0 Å². The van der Waals surface area contributed by atoms with Crippen LogP contribution in [0.4, 0.5) is 4.39 Å². The molecule has 2 atom stereocenters. The number of Topliss-reactive ketones (excluding diaryl/α,β-unsaturated/α-hetero) is 2. The van der Waals surface area contributed by atoms with E-state index in [1.54, 1.807) is 12.1 Å². The molecule has 3 nitrogen and oxygen atoms in total. The molecule has 2 aliphatic rings. The van der Waals surface area contributed by atoms with E-state index in [-0.39, 0.29) is 29.2 Å². The molecule has 2 aliphatic carbocycles. The average Bonchev–Trinajstić information content (AvgIpc) is 3.12. The lowest BCUT2D eigenvalue weighted by Crippen LogP contribution is -2.35. The lowest BCUT2D eigenvalue weighted by atomic mass is 9.77. The molecule has 0 radical (unpaired) electrons. The van der Waals surface area contributed by atoms with Gasteiger partial charge in [-0.25, -0.2) is 9.37 Å². The molecule has 24 heavy (non-hydrogen) atoms. The van der Waals surface area contributed by atoms with Gasteiger partial charge in [-0.05, 0) is 44.4 Å². The molecule has 1 heterocycles. The van der Waals surface area contributed by atoms with E-state index in [1.165, 1.54) is 17.4 Å². The van der Waals surface area contributed by atoms with E-state index in [9.17, 15) is 14.0 Å². The van der Waals surface area contributed by atoms with Crippen LogP contribution >= 0.6 is 27.3 Å². The minimum Gasteiger partial charge on any atom is -0.298 e. The van der Waals surface area contributed by atoms with E-state index in [2.05, 4.69) is 20.9 Å². The largest absolute Gasteiger partial charge is 0.298 e. The van der Waals surface area contributed by atoms with Crippen LogP contribution in [0.1, 0.15) is 35.8 Å². The number of thiazole rings is 1. The Morgan fingerprint density at radius 2 is 1.88 bits per heavy atom. The summed E-state index contributed by atoms with van der Waals surface area (Å²) < 4.78 is 14.9. The number of hydrogen-bond acceptors (Lipinski definition) is 4. The number of halogens is 2. The third-order valence-corrected chi connectivity index (χ3v) is 6.59. The fourth-order valence-corrected chi connectivity index (χ4v) is 5.14. The lowest BCUT2D eigenvalue weighted by Gasteiger charge is -2.24. The Hall–Kier alpha value is -1.40. The van der Waals surface area contributed by atoms with E-state index >= 15 is 0 Å². The highest BCUT2D eigenvalue weighted by atomic mass is 79.9. The molecule has 124 valence electrons. The van der Waals surface area contributed by atoms with E-state index < -0.39 is 5.92 Å². The molecule has 2 aromatic rings. The van der Waals surface area contributed by atoms with Crippen LogP contribution in [0.25, 0.3) is 10.6 Å². The summed E-state index contributed by atoms with van der Waals surface area (Å²) in [6, 6.07) is 4.81. The number of carbonyl (C=O) groups is 2. The van der Waals surface area contributed by atoms with Crippen LogP contribution in [-0.4, -0.2) is 16.6 Å². The maximum Gasteiger partial charge on any atom is 0.152 e. The Morgan fingerprint density at radius 1 is 1.21 bits per heavy atom. The standard InChI is InChI=1S/C18H15BrFNO2S/c1-8-15(14-16(22)9-2-3-10(6-9)17(14)23)21-18(24-8)12-5-4-11(19)7-13(12)20/h4-5,7,9-10,14H,2-3,6H2,1H3. The summed E-state index contributed by atoms with van der Waals surface area (Å²) in [5.41, 5.74) is 0.931. The van der Waals surface area contributed by atoms with Gasteiger partial charge in [-0.15, -0.1) is 11.3 Å². The number of aromatic nitrogens is 1. The first-order chi connectivity index (χ1) is 11.5. The molecule has 0 N–H and O–H groups in total. The van der Waals surface area contributed by atoms with Gasteiger partial charge in [0.25, 0.3) is 0 Å². The molecule has 1 aromatic heterocycles. The first-order valence-corrected chi connectivity index (χ1v) is 9.57. The maximum absolute atomic E-state index is 14.2. The smallest absolute Gasteiger partial charge is 0.152 e. The fraction of sp³-hybridized carbons (Fsp3) is 0.389. The molecule has 0 aliphatic heterocycles. The predicted octanol–water partition coefficient (Wildman–Crippen LogP) is 4.67. The SMILES string of the molecule is Cc1sc(-c2ccc(Br)cc2F)nc1C1C(=O)C2CCC(C2)C1=O. The number of benzene rings is 1. The monoisotopic (exact) mass is 407 g/mol. The van der Waals surface area contributed by atoms with E-state index in [0.717, 1.165) is 17.7 Å². The summed E-state index contributed by atoms with van der Waals surface area (Å²) in [5, 5.41) is 0.519. The summed E-state index contributed by atoms with van der Waals surface area (Å²) in [4.78, 5) is 30.7. The summed E-state index contributed by atoms with van der Waals surface area (Å²) in [5.74, 6) is -1.13. The molecule has 0 saturated heterocycles. The second-order valence-electron chi connectivity index (χ2n) is 6.53. The lowest BCUT2D eigenvalue weighted by molar-refractivity contribution is -0.136. The van der Waals surface area contributed by atoms with Crippen molar-refractivity contribution in [3.63, 3.8) is 0 Å². The minimum absolute atomic E-state index is 0.00461. The Kier molecular flexibility index (Phi) is 3.92. The summed E-state index contributed by atoms with van der Waals surface area (Å²) >= 11 is 4.58. The molecule has 2 saturated carbocycles. The van der Waals surface area contributed by atoms with Gasteiger partial charge in [0, 0.05) is 26.7 Å². The van der Waals surface area contributed by atoms with Crippen LogP contribution in [0.2, 0.25) is 0 Å². The maximum atomic E-state index is 14.2. The number of rotatable bonds is 2. The number of fused-ring (bicyclic) bond motifs is 2. The third kappa shape index (κ3) is 2.47. The van der Waals surface area contributed by atoms with Gasteiger partial charge in [0.05, 0.1) is 5.69 Å². The molecular formula is C18H15BrFNO2S. The Labute approximate surface area is 151 Å². The highest BCUT2D eigenvalue weighted by Crippen LogP contribution is 2.45. The Balaban J connectivity index is 1.76. The number of aryl methyl sites for hydroxylation is 1. The van der Waals surface area contributed by atoms with Crippen LogP contribution in [0, 0.1) is 24.6 Å². The van der Waals surface area contributed by atoms with Crippen molar-refractivity contribution >= 4 is 38.8 Å². The van der Waals surface area contributed by atoms with E-state index in [1.807, 2.05) is 6.92 Å². The first-order valence-electron chi connectivity index (χ1n) is 7.96. The topological polar surface area (TPSA) is 47.0 Å². The van der Waals surface area contributed by atoms with Crippen molar-refractivity contribution in [2.75, 3.05) is 0 Å². The first kappa shape index (κ1) is 16.1. The Morgan fingerprint density at radius 3 is 2.50 bits per heavy atom. The number of ketones is 2. The number of hydrogen-bond donors (Lipinski definition) is 0. The van der Waals surface area contributed by atoms with Gasteiger partial charge in [-0.3, -0.25) is 9.59 Å². The van der Waals surface area contributed by atoms with Gasteiger partial charge < -0.3 is 0 Å². The summed E-state index contributed by atoms with van der Waals surface area (Å²) in [6.45, 7) is 1.85. The molecule has 4 rings (SSSR count). The van der Waals surface area contributed by atoms with Crippen LogP contribution in [-0.2, 0) is 9.59 Å². The van der Waals surface area contributed by atoms with Gasteiger partial charge in [-0.1, -0.05) is 15.9 Å². The third-order valence-electron chi connectivity index (χ3n) is 5.07. The zero-order valence-corrected chi connectivity index (χ0v) is 15.4. The van der Waals surface area contributed by atoms with Crippen LogP contribution in [0.15, 0.2) is 22.7 Å². The molecule has 2 unspecified atom stereocenters. The molecule has 2 bridgehead atoms. The van der Waals surface area contributed by atoms with Gasteiger partial charge in [0.15, 0.2) is 11.6 Å². The number of carbonyl (C=O) groups excluding carboxylic acids is 2. The number of nitrogens with zero attached hydrogens (tertiary/aromatic N) is 1. The van der Waals surface area contributed by atoms with Gasteiger partial charge in [0.1, 0.15) is 16.7 Å². The van der Waals surface area contributed by atoms with Crippen LogP contribution < -0.4 is 0 Å². The fourth-order valence-electron chi connectivity index (χ4n) is 3.83. The zero-order valence-electron chi connectivity index (χ0n) is 13.0. The van der Waals surface area contributed by atoms with E-state index in [0.29, 0.717) is 27.2 Å². The summed E-state index contributed by atoms with van der Waals surface area (Å²) in [7, 11) is 0. The van der Waals surface area contributed by atoms with Gasteiger partial charge in [0.2, 0.25) is 0 Å². The summed E-state index contributed by atoms with van der Waals surface area (Å²) in [6.07, 6.45) is 2.32. The highest BCUT2D eigenvalue weighted by molar-refractivity contribution is 9.10. The van der Waals surface area contributed by atoms with Crippen LogP contribution in [0.5, 0.6) is 0 Å². The normalized spacial score (nSPS) is 26.2. The quantitative estimate of drug-likeness (QED) is 0.679. The van der Waals surface area contributed by atoms with Crippen molar-refractivity contribution in [2.45, 2.75) is 32.1 Å². The molecule has 0 spiro atoms. The molecule has 1 aromatic carbocycles. The second-order valence-corrected chi connectivity index (χ2v) is 8.65. The molecule has 6 heteroatoms. The van der Waals surface area contributed by atoms with Crippen molar-refractivity contribution in [1.29, 1.82) is 0 Å². The zero-order chi connectivity index (χ0) is 17.0. The van der Waals surface area contributed by atoms with Crippen molar-refractivity contribution in [1.82, 2.24) is 4.98 Å². The second kappa shape index (κ2) is 5.85. The van der Waals surface area contributed by atoms with Crippen molar-refractivity contribution in [3.05, 3.63) is 39.1 Å².